The largest absolute Gasteiger partial charge is 0.460 e. The average Bonchev–Trinajstić information content (AvgIpc) is 3.50. The maximum absolute atomic E-state index is 14.9. The van der Waals surface area contributed by atoms with Crippen LogP contribution in [0.5, 0.6) is 0 Å². The van der Waals surface area contributed by atoms with Crippen molar-refractivity contribution in [1.29, 1.82) is 0 Å². The summed E-state index contributed by atoms with van der Waals surface area (Å²) in [7, 11) is 0. The number of esters is 1. The van der Waals surface area contributed by atoms with Crippen LogP contribution in [0.15, 0.2) is 48.7 Å². The number of primary amides is 1. The van der Waals surface area contributed by atoms with Crippen LogP contribution in [-0.2, 0) is 27.4 Å². The number of carbonyl (C=O) groups excluding carboxylic acids is 3. The number of hydrogen-bond acceptors (Lipinski definition) is 7. The summed E-state index contributed by atoms with van der Waals surface area (Å²) in [6.07, 6.45) is 0.513. The van der Waals surface area contributed by atoms with Gasteiger partial charge in [0.05, 0.1) is 25.8 Å². The van der Waals surface area contributed by atoms with Gasteiger partial charge >= 0.3 is 5.97 Å². The number of halogens is 3. The molecule has 6 rings (SSSR count). The van der Waals surface area contributed by atoms with Crippen LogP contribution in [0.25, 0.3) is 22.2 Å². The van der Waals surface area contributed by atoms with Crippen molar-refractivity contribution in [2.24, 2.45) is 5.73 Å². The van der Waals surface area contributed by atoms with Crippen LogP contribution in [-0.4, -0.2) is 68.4 Å². The minimum Gasteiger partial charge on any atom is -0.460 e. The number of alkyl halides is 1. The zero-order valence-electron chi connectivity index (χ0n) is 25.6. The predicted octanol–water partition coefficient (Wildman–Crippen LogP) is 4.51. The number of hydrogen-bond donors (Lipinski definition) is 1. The molecule has 2 N–H and O–H groups in total. The summed E-state index contributed by atoms with van der Waals surface area (Å²) in [6, 6.07) is 9.26. The summed E-state index contributed by atoms with van der Waals surface area (Å²) >= 11 is 0. The Morgan fingerprint density at radius 1 is 1.07 bits per heavy atom. The van der Waals surface area contributed by atoms with Crippen molar-refractivity contribution in [2.75, 3.05) is 18.0 Å². The molecule has 2 aliphatic heterocycles. The van der Waals surface area contributed by atoms with E-state index in [1.807, 2.05) is 6.07 Å². The number of aromatic nitrogens is 3. The van der Waals surface area contributed by atoms with Gasteiger partial charge in [-0.05, 0) is 62.6 Å². The van der Waals surface area contributed by atoms with E-state index in [0.717, 1.165) is 11.6 Å². The van der Waals surface area contributed by atoms with Crippen molar-refractivity contribution in [3.8, 4) is 11.1 Å². The molecule has 0 unspecified atom stereocenters. The molecule has 46 heavy (non-hydrogen) atoms. The highest BCUT2D eigenvalue weighted by molar-refractivity contribution is 6.01. The zero-order chi connectivity index (χ0) is 32.9. The summed E-state index contributed by atoms with van der Waals surface area (Å²) in [4.78, 5) is 45.8. The monoisotopic (exact) mass is 634 g/mol. The van der Waals surface area contributed by atoms with E-state index in [2.05, 4.69) is 5.10 Å². The number of anilines is 1. The number of ether oxygens (including phenoxy) is 1. The number of fused-ring (bicyclic) bond motifs is 2. The summed E-state index contributed by atoms with van der Waals surface area (Å²) in [5, 5.41) is 5.04. The molecule has 2 aromatic carbocycles. The van der Waals surface area contributed by atoms with Crippen LogP contribution in [0.4, 0.5) is 19.0 Å². The fraction of sp³-hybridized carbons (Fsp3) is 0.364. The Bertz CT molecular complexity index is 1860. The number of carbonyl (C=O) groups is 3. The Morgan fingerprint density at radius 3 is 2.48 bits per heavy atom. The van der Waals surface area contributed by atoms with E-state index in [-0.39, 0.29) is 50.5 Å². The van der Waals surface area contributed by atoms with Crippen LogP contribution in [0.1, 0.15) is 55.1 Å². The Hall–Kier alpha value is -4.94. The van der Waals surface area contributed by atoms with Gasteiger partial charge in [-0.25, -0.2) is 22.8 Å². The molecule has 2 aromatic heterocycles. The van der Waals surface area contributed by atoms with Gasteiger partial charge in [-0.1, -0.05) is 12.1 Å². The van der Waals surface area contributed by atoms with Crippen molar-refractivity contribution in [1.82, 2.24) is 19.7 Å². The molecule has 1 saturated heterocycles. The highest BCUT2D eigenvalue weighted by Crippen LogP contribution is 2.35. The minimum atomic E-state index is -0.996. The normalized spacial score (nSPS) is 15.7. The molecule has 0 saturated carbocycles. The Balaban J connectivity index is 1.27. The third-order valence-corrected chi connectivity index (χ3v) is 8.06. The topological polar surface area (TPSA) is 124 Å². The molecule has 1 fully saturated rings. The first-order valence-corrected chi connectivity index (χ1v) is 14.9. The molecule has 0 radical (unpaired) electrons. The smallest absolute Gasteiger partial charge is 0.306 e. The van der Waals surface area contributed by atoms with Crippen molar-refractivity contribution >= 4 is 34.6 Å². The fourth-order valence-electron chi connectivity index (χ4n) is 5.87. The van der Waals surface area contributed by atoms with E-state index in [4.69, 9.17) is 15.5 Å². The van der Waals surface area contributed by atoms with Gasteiger partial charge in [-0.2, -0.15) is 5.10 Å². The number of benzene rings is 2. The number of rotatable bonds is 9. The van der Waals surface area contributed by atoms with Gasteiger partial charge < -0.3 is 20.3 Å². The third kappa shape index (κ3) is 6.13. The van der Waals surface area contributed by atoms with Gasteiger partial charge in [-0.15, -0.1) is 0 Å². The molecular formula is C33H33F3N6O4. The average molecular weight is 635 g/mol. The maximum atomic E-state index is 14.9. The van der Waals surface area contributed by atoms with Gasteiger partial charge in [0.15, 0.2) is 5.65 Å². The van der Waals surface area contributed by atoms with E-state index in [9.17, 15) is 27.6 Å². The second kappa shape index (κ2) is 11.8. The molecule has 2 aliphatic rings. The molecule has 10 nitrogen and oxygen atoms in total. The quantitative estimate of drug-likeness (QED) is 0.269. The van der Waals surface area contributed by atoms with Crippen molar-refractivity contribution < 1.29 is 32.3 Å². The molecular weight excluding hydrogens is 601 g/mol. The highest BCUT2D eigenvalue weighted by atomic mass is 19.1. The molecule has 4 aromatic rings. The van der Waals surface area contributed by atoms with E-state index in [1.54, 1.807) is 54.7 Å². The van der Waals surface area contributed by atoms with E-state index >= 15 is 0 Å². The lowest BCUT2D eigenvalue weighted by molar-refractivity contribution is -0.155. The molecule has 0 bridgehead atoms. The van der Waals surface area contributed by atoms with E-state index < -0.39 is 41.3 Å². The predicted molar refractivity (Wildman–Crippen MR) is 163 cm³/mol. The second-order valence-corrected chi connectivity index (χ2v) is 12.7. The van der Waals surface area contributed by atoms with Crippen LogP contribution < -0.4 is 10.6 Å². The summed E-state index contributed by atoms with van der Waals surface area (Å²) in [6.45, 7) is 5.89. The molecule has 240 valence electrons. The lowest BCUT2D eigenvalue weighted by Crippen LogP contribution is -2.48. The van der Waals surface area contributed by atoms with Gasteiger partial charge in [-0.3, -0.25) is 14.4 Å². The molecule has 0 aliphatic carbocycles. The van der Waals surface area contributed by atoms with Gasteiger partial charge in [0, 0.05) is 41.1 Å². The number of nitrogens with zero attached hydrogens (tertiary/aromatic N) is 5. The lowest BCUT2D eigenvalue weighted by atomic mass is 10.0. The summed E-state index contributed by atoms with van der Waals surface area (Å²) in [5.74, 6) is -2.57. The Kier molecular flexibility index (Phi) is 7.95. The first-order valence-electron chi connectivity index (χ1n) is 14.9. The van der Waals surface area contributed by atoms with Crippen LogP contribution >= 0.6 is 0 Å². The first kappa shape index (κ1) is 31.1. The number of amides is 2. The molecule has 2 amide bonds. The standard InChI is InChI=1S/C33H33F3N6O4/c1-33(2,3)46-29(43)9-8-27(30(37)44)41-15-19-10-18(4-6-22(19)32(41)45)14-42-31-25(13-38-42)24(23-7-5-20(34)11-26(23)36)12-28(39-31)40-16-21(35)17-40/h4-7,10-13,21,27H,8-9,14-17H2,1-3H3,(H2,37,44)/t27-/m0/s1. The molecule has 0 spiro atoms. The minimum absolute atomic E-state index is 0.0290. The van der Waals surface area contributed by atoms with Crippen molar-refractivity contribution in [2.45, 2.75) is 64.5 Å². The first-order chi connectivity index (χ1) is 21.8. The van der Waals surface area contributed by atoms with Gasteiger partial charge in [0.2, 0.25) is 5.91 Å². The zero-order valence-corrected chi connectivity index (χ0v) is 25.6. The number of pyridine rings is 1. The van der Waals surface area contributed by atoms with Crippen molar-refractivity contribution in [3.05, 3.63) is 77.0 Å². The fourth-order valence-corrected chi connectivity index (χ4v) is 5.87. The highest BCUT2D eigenvalue weighted by Gasteiger charge is 2.36. The van der Waals surface area contributed by atoms with Crippen LogP contribution in [0.3, 0.4) is 0 Å². The van der Waals surface area contributed by atoms with Gasteiger partial charge in [0.1, 0.15) is 35.3 Å². The summed E-state index contributed by atoms with van der Waals surface area (Å²) < 4.78 is 49.3. The van der Waals surface area contributed by atoms with E-state index in [0.29, 0.717) is 33.5 Å². The van der Waals surface area contributed by atoms with Crippen molar-refractivity contribution in [3.63, 3.8) is 0 Å². The molecule has 13 heteroatoms. The molecule has 4 heterocycles. The summed E-state index contributed by atoms with van der Waals surface area (Å²) in [5.41, 5.74) is 7.89. The third-order valence-electron chi connectivity index (χ3n) is 8.06. The Morgan fingerprint density at radius 2 is 1.80 bits per heavy atom. The molecule has 1 atom stereocenters. The SMILES string of the molecule is CC(C)(C)OC(=O)CC[C@@H](C(N)=O)N1Cc2cc(Cn3ncc4c(-c5ccc(F)cc5F)cc(N5CC(F)C5)nc43)ccc2C1=O. The van der Waals surface area contributed by atoms with E-state index in [1.165, 1.54) is 17.0 Å². The lowest BCUT2D eigenvalue weighted by Gasteiger charge is -2.35. The van der Waals surface area contributed by atoms with Crippen LogP contribution in [0, 0.1) is 11.6 Å². The van der Waals surface area contributed by atoms with Gasteiger partial charge in [0.25, 0.3) is 5.91 Å². The maximum Gasteiger partial charge on any atom is 0.306 e. The number of nitrogens with two attached hydrogens (primary N) is 1. The van der Waals surface area contributed by atoms with Crippen LogP contribution in [0.2, 0.25) is 0 Å². The second-order valence-electron chi connectivity index (χ2n) is 12.7. The Labute approximate surface area is 262 Å².